The fourth-order valence-electron chi connectivity index (χ4n) is 7.57. The first-order valence-electron chi connectivity index (χ1n) is 20.0. The van der Waals surface area contributed by atoms with Crippen LogP contribution in [-0.4, -0.2) is 80.5 Å². The fourth-order valence-corrected chi connectivity index (χ4v) is 11.8. The van der Waals surface area contributed by atoms with Crippen molar-refractivity contribution in [2.75, 3.05) is 31.0 Å². The van der Waals surface area contributed by atoms with Crippen LogP contribution in [0.5, 0.6) is 5.75 Å². The van der Waals surface area contributed by atoms with E-state index in [4.69, 9.17) is 19.3 Å². The van der Waals surface area contributed by atoms with E-state index in [1.807, 2.05) is 78.9 Å². The lowest BCUT2D eigenvalue weighted by Gasteiger charge is -2.49. The highest BCUT2D eigenvalue weighted by Crippen LogP contribution is 2.44. The van der Waals surface area contributed by atoms with Crippen molar-refractivity contribution in [2.24, 2.45) is 5.16 Å². The van der Waals surface area contributed by atoms with Crippen LogP contribution in [0, 0.1) is 0 Å². The van der Waals surface area contributed by atoms with E-state index in [0.717, 1.165) is 36.9 Å². The predicted molar refractivity (Wildman–Crippen MR) is 251 cm³/mol. The van der Waals surface area contributed by atoms with Gasteiger partial charge in [0.2, 0.25) is 0 Å². The Hall–Kier alpha value is -6.53. The lowest BCUT2D eigenvalue weighted by atomic mass is 9.77. The molecule has 0 spiro atoms. The van der Waals surface area contributed by atoms with Gasteiger partial charge in [0, 0.05) is 23.1 Å². The van der Waals surface area contributed by atoms with Crippen molar-refractivity contribution in [3.8, 4) is 5.75 Å². The summed E-state index contributed by atoms with van der Waals surface area (Å²) in [5, 5.41) is 12.4. The normalized spacial score (nSPS) is 16.2. The molecule has 17 heteroatoms. The molecule has 2 aliphatic rings. The second kappa shape index (κ2) is 19.1. The average Bonchev–Trinajstić information content (AvgIpc) is 4.00. The van der Waals surface area contributed by atoms with E-state index >= 15 is 0 Å². The number of methoxy groups -OCH3 is 1. The van der Waals surface area contributed by atoms with Crippen LogP contribution < -0.4 is 15.4 Å². The van der Waals surface area contributed by atoms with E-state index in [1.165, 1.54) is 58.2 Å². The lowest BCUT2D eigenvalue weighted by molar-refractivity contribution is -0.153. The Morgan fingerprint density at radius 2 is 1.55 bits per heavy atom. The van der Waals surface area contributed by atoms with E-state index < -0.39 is 34.7 Å². The zero-order valence-electron chi connectivity index (χ0n) is 34.4. The van der Waals surface area contributed by atoms with Gasteiger partial charge in [-0.1, -0.05) is 120 Å². The predicted octanol–water partition coefficient (Wildman–Crippen LogP) is 8.10. The van der Waals surface area contributed by atoms with Crippen LogP contribution in [0.4, 0.5) is 5.13 Å². The second-order valence-electron chi connectivity index (χ2n) is 14.5. The number of carbonyl (C=O) groups is 3. The summed E-state index contributed by atoms with van der Waals surface area (Å²) in [6, 6.07) is 40.4. The largest absolute Gasteiger partial charge is 0.497 e. The van der Waals surface area contributed by atoms with Gasteiger partial charge in [0.05, 0.1) is 11.8 Å². The van der Waals surface area contributed by atoms with Crippen molar-refractivity contribution in [3.63, 3.8) is 0 Å². The van der Waals surface area contributed by atoms with Gasteiger partial charge < -0.3 is 24.9 Å². The zero-order valence-corrected chi connectivity index (χ0v) is 37.6. The van der Waals surface area contributed by atoms with Gasteiger partial charge in [0.1, 0.15) is 47.8 Å². The molecule has 1 unspecified atom stereocenters. The number of β-lactam (4-membered cyclic amide) rings is 1. The van der Waals surface area contributed by atoms with Crippen molar-refractivity contribution in [3.05, 3.63) is 178 Å². The van der Waals surface area contributed by atoms with Crippen LogP contribution in [0.1, 0.15) is 27.9 Å². The van der Waals surface area contributed by atoms with Crippen LogP contribution >= 0.6 is 46.2 Å². The summed E-state index contributed by atoms with van der Waals surface area (Å²) in [6.07, 6.45) is 1.70. The number of hydrogen-bond donors (Lipinski definition) is 2. The molecule has 0 saturated carbocycles. The minimum absolute atomic E-state index is 0.0131. The maximum Gasteiger partial charge on any atom is 0.355 e. The van der Waals surface area contributed by atoms with Crippen molar-refractivity contribution in [1.29, 1.82) is 0 Å². The van der Waals surface area contributed by atoms with Crippen molar-refractivity contribution in [1.82, 2.24) is 25.2 Å². The first-order chi connectivity index (χ1) is 31.4. The number of hydrogen-bond acceptors (Lipinski definition) is 15. The molecule has 2 atom stereocenters. The minimum Gasteiger partial charge on any atom is -0.497 e. The number of benzene rings is 4. The van der Waals surface area contributed by atoms with E-state index in [-0.39, 0.29) is 23.7 Å². The van der Waals surface area contributed by atoms with E-state index in [2.05, 4.69) is 62.2 Å². The van der Waals surface area contributed by atoms with Gasteiger partial charge in [-0.05, 0) is 52.1 Å². The summed E-state index contributed by atoms with van der Waals surface area (Å²) in [5.41, 5.74) is 4.53. The van der Waals surface area contributed by atoms with Crippen molar-refractivity contribution >= 4 is 85.2 Å². The number of thioether (sulfide) groups is 2. The number of anilines is 1. The highest BCUT2D eigenvalue weighted by Gasteiger charge is 2.55. The number of amides is 2. The number of fused-ring (bicyclic) bond motifs is 2. The molecule has 5 heterocycles. The van der Waals surface area contributed by atoms with Crippen LogP contribution in [-0.2, 0) is 36.1 Å². The molecule has 13 nitrogen and oxygen atoms in total. The Kier molecular flexibility index (Phi) is 12.7. The van der Waals surface area contributed by atoms with Gasteiger partial charge in [0.25, 0.3) is 11.8 Å². The molecular weight excluding hydrogens is 887 g/mol. The molecule has 2 aliphatic heterocycles. The third-order valence-electron chi connectivity index (χ3n) is 10.6. The molecule has 64 heavy (non-hydrogen) atoms. The molecule has 2 N–H and O–H groups in total. The maximum atomic E-state index is 14.1. The van der Waals surface area contributed by atoms with Crippen molar-refractivity contribution < 1.29 is 28.7 Å². The molecule has 7 aromatic rings. The number of rotatable bonds is 16. The fraction of sp³-hybridized carbons (Fsp3) is 0.170. The SMILES string of the molecule is CO/N=C(\C(=O)NC1C(=O)N2C(C(=O)OCc3ccc(OC)cc3)=C(CSc3nc4ncccc4s3)CS[C@H]12)c1csc(NC(c2ccccc2)(c2ccccc2)c2ccccc2)n1. The highest BCUT2D eigenvalue weighted by molar-refractivity contribution is 8.02. The Labute approximate surface area is 385 Å². The maximum absolute atomic E-state index is 14.1. The number of oxime groups is 1. The van der Waals surface area contributed by atoms with Gasteiger partial charge in [-0.2, -0.15) is 0 Å². The molecule has 0 radical (unpaired) electrons. The quantitative estimate of drug-likeness (QED) is 0.0240. The molecule has 1 fully saturated rings. The summed E-state index contributed by atoms with van der Waals surface area (Å²) < 4.78 is 12.8. The lowest BCUT2D eigenvalue weighted by Crippen LogP contribution is -2.71. The van der Waals surface area contributed by atoms with Crippen LogP contribution in [0.25, 0.3) is 10.3 Å². The standard InChI is InChI=1S/C47H39N7O6S4/c1-58-34-22-20-29(21-23-34)25-60-44(57)39-30(27-63-46-51-40-36(64-46)19-12-24-48-40)26-61-43-38(42(56)54(39)43)50-41(55)37(53-59-2)35-28-62-45(49-35)52-47(31-13-6-3-7-14-31,32-15-8-4-9-16-32)33-17-10-5-11-18-33/h3-24,28,38,43H,25-27H2,1-2H3,(H,49,52)(H,50,55)/b53-37-/t38?,43-/m1/s1. The summed E-state index contributed by atoms with van der Waals surface area (Å²) in [4.78, 5) is 62.7. The number of ether oxygens (including phenoxy) is 2. The molecule has 3 aromatic heterocycles. The monoisotopic (exact) mass is 925 g/mol. The molecule has 2 amide bonds. The number of thiazole rings is 2. The van der Waals surface area contributed by atoms with Crippen LogP contribution in [0.3, 0.4) is 0 Å². The third kappa shape index (κ3) is 8.58. The number of aromatic nitrogens is 3. The first kappa shape index (κ1) is 42.8. The molecule has 9 rings (SSSR count). The average molecular weight is 926 g/mol. The first-order valence-corrected chi connectivity index (χ1v) is 23.7. The molecule has 1 saturated heterocycles. The summed E-state index contributed by atoms with van der Waals surface area (Å²) in [5.74, 6) is -0.271. The number of nitrogens with zero attached hydrogens (tertiary/aromatic N) is 5. The molecule has 0 bridgehead atoms. The Morgan fingerprint density at radius 1 is 0.875 bits per heavy atom. The molecular formula is C47H39N7O6S4. The second-order valence-corrected chi connectivity index (χ2v) is 18.7. The highest BCUT2D eigenvalue weighted by atomic mass is 32.2. The van der Waals surface area contributed by atoms with Gasteiger partial charge >= 0.3 is 5.97 Å². The van der Waals surface area contributed by atoms with Gasteiger partial charge in [-0.15, -0.1) is 34.4 Å². The third-order valence-corrected chi connectivity index (χ3v) is 15.0. The van der Waals surface area contributed by atoms with Crippen LogP contribution in [0.2, 0.25) is 0 Å². The van der Waals surface area contributed by atoms with Crippen molar-refractivity contribution in [2.45, 2.75) is 27.9 Å². The van der Waals surface area contributed by atoms with Gasteiger partial charge in [-0.25, -0.2) is 19.7 Å². The number of pyridine rings is 1. The van der Waals surface area contributed by atoms with Crippen LogP contribution in [0.15, 0.2) is 160 Å². The molecule has 322 valence electrons. The summed E-state index contributed by atoms with van der Waals surface area (Å²) in [6.45, 7) is -0.0131. The number of nitrogens with one attached hydrogen (secondary N) is 2. The number of esters is 1. The van der Waals surface area contributed by atoms with Gasteiger partial charge in [0.15, 0.2) is 20.8 Å². The van der Waals surface area contributed by atoms with Gasteiger partial charge in [-0.3, -0.25) is 14.5 Å². The minimum atomic E-state index is -0.966. The smallest absolute Gasteiger partial charge is 0.355 e. The summed E-state index contributed by atoms with van der Waals surface area (Å²) in [7, 11) is 2.92. The molecule has 0 aliphatic carbocycles. The molecule has 4 aromatic carbocycles. The summed E-state index contributed by atoms with van der Waals surface area (Å²) >= 11 is 5.74. The Balaban J connectivity index is 0.955. The zero-order chi connectivity index (χ0) is 44.0. The van der Waals surface area contributed by atoms with E-state index in [9.17, 15) is 14.4 Å². The van der Waals surface area contributed by atoms with E-state index in [1.54, 1.807) is 30.8 Å². The van der Waals surface area contributed by atoms with E-state index in [0.29, 0.717) is 28.0 Å². The Morgan fingerprint density at radius 3 is 2.17 bits per heavy atom. The number of carbonyl (C=O) groups excluding carboxylic acids is 3. The topological polar surface area (TPSA) is 157 Å². The Bertz CT molecular complexity index is 2730.